The third-order valence-corrected chi connectivity index (χ3v) is 4.80. The second-order valence-electron chi connectivity index (χ2n) is 5.71. The maximum absolute atomic E-state index is 12.8. The summed E-state index contributed by atoms with van der Waals surface area (Å²) in [5.41, 5.74) is 0.814. The van der Waals surface area contributed by atoms with Gasteiger partial charge in [0.25, 0.3) is 0 Å². The predicted molar refractivity (Wildman–Crippen MR) is 90.8 cm³/mol. The molecule has 3 rings (SSSR count). The summed E-state index contributed by atoms with van der Waals surface area (Å²) in [7, 11) is 3.17. The number of hydrogen-bond acceptors (Lipinski definition) is 6. The molecule has 0 saturated carbocycles. The number of nitrogens with zero attached hydrogens (tertiary/aromatic N) is 3. The predicted octanol–water partition coefficient (Wildman–Crippen LogP) is 1.48. The van der Waals surface area contributed by atoms with Crippen LogP contribution in [0.5, 0.6) is 0 Å². The van der Waals surface area contributed by atoms with Crippen molar-refractivity contribution in [2.45, 2.75) is 24.9 Å². The normalized spacial score (nSPS) is 19.3. The monoisotopic (exact) mass is 348 g/mol. The summed E-state index contributed by atoms with van der Waals surface area (Å²) in [6.07, 6.45) is 3.33. The molecule has 2 atom stereocenters. The molecule has 3 heterocycles. The molecule has 128 valence electrons. The second-order valence-corrected chi connectivity index (χ2v) is 6.49. The van der Waals surface area contributed by atoms with E-state index in [2.05, 4.69) is 10.4 Å². The van der Waals surface area contributed by atoms with Crippen LogP contribution in [-0.4, -0.2) is 41.4 Å². The summed E-state index contributed by atoms with van der Waals surface area (Å²) < 4.78 is 6.56. The summed E-state index contributed by atoms with van der Waals surface area (Å²) in [6.45, 7) is 0.634. The van der Waals surface area contributed by atoms with Crippen molar-refractivity contribution >= 4 is 29.0 Å². The van der Waals surface area contributed by atoms with Crippen molar-refractivity contribution in [1.82, 2.24) is 15.1 Å². The molecule has 1 fully saturated rings. The van der Waals surface area contributed by atoms with Gasteiger partial charge in [-0.25, -0.2) is 4.79 Å². The van der Waals surface area contributed by atoms with E-state index in [0.717, 1.165) is 12.0 Å². The Morgan fingerprint density at radius 3 is 2.96 bits per heavy atom. The van der Waals surface area contributed by atoms with Crippen LogP contribution in [0.25, 0.3) is 0 Å². The number of aromatic nitrogens is 2. The van der Waals surface area contributed by atoms with Gasteiger partial charge >= 0.3 is 5.97 Å². The lowest BCUT2D eigenvalue weighted by molar-refractivity contribution is -0.143. The van der Waals surface area contributed by atoms with Crippen LogP contribution >= 0.6 is 11.3 Å². The van der Waals surface area contributed by atoms with Gasteiger partial charge in [0.1, 0.15) is 6.04 Å². The first-order valence-electron chi connectivity index (χ1n) is 7.77. The average Bonchev–Trinajstić information content (AvgIpc) is 3.25. The molecule has 0 bridgehead atoms. The third-order valence-electron chi connectivity index (χ3n) is 4.10. The van der Waals surface area contributed by atoms with Crippen LogP contribution < -0.4 is 10.2 Å². The number of nitrogens with one attached hydrogen (secondary N) is 1. The first-order chi connectivity index (χ1) is 11.6. The highest BCUT2D eigenvalue weighted by molar-refractivity contribution is 7.08. The smallest absolute Gasteiger partial charge is 0.327 e. The van der Waals surface area contributed by atoms with Crippen molar-refractivity contribution in [3.05, 3.63) is 34.7 Å². The van der Waals surface area contributed by atoms with Gasteiger partial charge in [-0.05, 0) is 35.2 Å². The molecule has 1 amide bonds. The van der Waals surface area contributed by atoms with E-state index in [9.17, 15) is 9.59 Å². The number of hydrogen-bond donors (Lipinski definition) is 1. The summed E-state index contributed by atoms with van der Waals surface area (Å²) in [6, 6.07) is 2.60. The van der Waals surface area contributed by atoms with Gasteiger partial charge in [-0.1, -0.05) is 0 Å². The Morgan fingerprint density at radius 1 is 1.50 bits per heavy atom. The molecule has 1 aliphatic rings. The lowest BCUT2D eigenvalue weighted by Gasteiger charge is -2.33. The van der Waals surface area contributed by atoms with Gasteiger partial charge in [0.15, 0.2) is 5.82 Å². The number of esters is 1. The van der Waals surface area contributed by atoms with E-state index < -0.39 is 18.1 Å². The van der Waals surface area contributed by atoms with E-state index in [0.29, 0.717) is 18.8 Å². The van der Waals surface area contributed by atoms with Crippen LogP contribution in [0.3, 0.4) is 0 Å². The number of carbonyl (C=O) groups is 2. The van der Waals surface area contributed by atoms with Crippen LogP contribution in [0.2, 0.25) is 0 Å². The van der Waals surface area contributed by atoms with E-state index >= 15 is 0 Å². The molecular weight excluding hydrogens is 328 g/mol. The van der Waals surface area contributed by atoms with E-state index in [-0.39, 0.29) is 5.91 Å². The number of piperidine rings is 1. The van der Waals surface area contributed by atoms with Gasteiger partial charge in [-0.15, -0.1) is 0 Å². The minimum Gasteiger partial charge on any atom is -0.468 e. The lowest BCUT2D eigenvalue weighted by Crippen LogP contribution is -2.53. The molecule has 8 heteroatoms. The molecule has 0 aliphatic carbocycles. The van der Waals surface area contributed by atoms with Crippen molar-refractivity contribution in [2.75, 3.05) is 18.6 Å². The number of aryl methyl sites for hydroxylation is 1. The summed E-state index contributed by atoms with van der Waals surface area (Å²) in [5, 5.41) is 11.3. The quantitative estimate of drug-likeness (QED) is 0.829. The first kappa shape index (κ1) is 16.7. The number of thiophene rings is 1. The van der Waals surface area contributed by atoms with Crippen LogP contribution in [0.4, 0.5) is 5.82 Å². The number of amides is 1. The Kier molecular flexibility index (Phi) is 4.96. The summed E-state index contributed by atoms with van der Waals surface area (Å²) in [5.74, 6) is 0.180. The van der Waals surface area contributed by atoms with E-state index in [1.165, 1.54) is 18.4 Å². The van der Waals surface area contributed by atoms with Gasteiger partial charge in [0, 0.05) is 25.9 Å². The van der Waals surface area contributed by atoms with E-state index in [4.69, 9.17) is 4.74 Å². The molecule has 2 aromatic rings. The third kappa shape index (κ3) is 3.34. The van der Waals surface area contributed by atoms with Gasteiger partial charge < -0.3 is 4.74 Å². The zero-order chi connectivity index (χ0) is 17.1. The highest BCUT2D eigenvalue weighted by Crippen LogP contribution is 2.23. The Balaban J connectivity index is 1.77. The van der Waals surface area contributed by atoms with E-state index in [1.807, 2.05) is 36.1 Å². The summed E-state index contributed by atoms with van der Waals surface area (Å²) >= 11 is 1.50. The molecule has 0 spiro atoms. The molecule has 0 aromatic carbocycles. The van der Waals surface area contributed by atoms with E-state index in [1.54, 1.807) is 9.58 Å². The van der Waals surface area contributed by atoms with Crippen LogP contribution in [0.1, 0.15) is 24.4 Å². The number of ether oxygens (including phenoxy) is 1. The first-order valence-corrected chi connectivity index (χ1v) is 8.71. The average molecular weight is 348 g/mol. The standard InChI is InChI=1S/C16H20N4O3S/c1-19-8-5-13(18-19)20-7-3-4-12(15(20)21)17-14(16(22)23-2)11-6-9-24-10-11/h5-6,8-10,12,14,17H,3-4,7H2,1-2H3/t12-,14-/m1/s1. The SMILES string of the molecule is COC(=O)[C@H](N[C@@H]1CCCN(c2ccn(C)n2)C1=O)c1ccsc1. The van der Waals surface area contributed by atoms with Crippen molar-refractivity contribution in [2.24, 2.45) is 7.05 Å². The topological polar surface area (TPSA) is 76.5 Å². The molecule has 2 aromatic heterocycles. The molecule has 0 radical (unpaired) electrons. The molecule has 1 aliphatic heterocycles. The maximum Gasteiger partial charge on any atom is 0.327 e. The fourth-order valence-electron chi connectivity index (χ4n) is 2.86. The highest BCUT2D eigenvalue weighted by Gasteiger charge is 2.34. The Hall–Kier alpha value is -2.19. The van der Waals surface area contributed by atoms with Crippen molar-refractivity contribution < 1.29 is 14.3 Å². The number of methoxy groups -OCH3 is 1. The highest BCUT2D eigenvalue weighted by atomic mass is 32.1. The van der Waals surface area contributed by atoms with Crippen LogP contribution in [0.15, 0.2) is 29.1 Å². The largest absolute Gasteiger partial charge is 0.468 e. The molecule has 0 unspecified atom stereocenters. The van der Waals surface area contributed by atoms with Crippen LogP contribution in [0, 0.1) is 0 Å². The maximum atomic E-state index is 12.8. The molecular formula is C16H20N4O3S. The Bertz CT molecular complexity index is 713. The van der Waals surface area contributed by atoms with Crippen LogP contribution in [-0.2, 0) is 21.4 Å². The lowest BCUT2D eigenvalue weighted by atomic mass is 10.0. The number of anilines is 1. The van der Waals surface area contributed by atoms with Gasteiger partial charge in [-0.2, -0.15) is 16.4 Å². The van der Waals surface area contributed by atoms with Crippen molar-refractivity contribution in [1.29, 1.82) is 0 Å². The zero-order valence-corrected chi connectivity index (χ0v) is 14.5. The van der Waals surface area contributed by atoms with Gasteiger partial charge in [0.2, 0.25) is 5.91 Å². The molecule has 1 saturated heterocycles. The van der Waals surface area contributed by atoms with Crippen molar-refractivity contribution in [3.8, 4) is 0 Å². The number of carbonyl (C=O) groups excluding carboxylic acids is 2. The molecule has 1 N–H and O–H groups in total. The fraction of sp³-hybridized carbons (Fsp3) is 0.438. The Morgan fingerprint density at radius 2 is 2.33 bits per heavy atom. The second kappa shape index (κ2) is 7.14. The number of rotatable bonds is 5. The molecule has 7 nitrogen and oxygen atoms in total. The fourth-order valence-corrected chi connectivity index (χ4v) is 3.55. The van der Waals surface area contributed by atoms with Crippen molar-refractivity contribution in [3.63, 3.8) is 0 Å². The zero-order valence-electron chi connectivity index (χ0n) is 13.6. The molecule has 24 heavy (non-hydrogen) atoms. The Labute approximate surface area is 144 Å². The summed E-state index contributed by atoms with van der Waals surface area (Å²) in [4.78, 5) is 26.6. The van der Waals surface area contributed by atoms with Gasteiger partial charge in [0.05, 0.1) is 13.2 Å². The minimum atomic E-state index is -0.640. The minimum absolute atomic E-state index is 0.0657. The van der Waals surface area contributed by atoms with Gasteiger partial charge in [-0.3, -0.25) is 19.7 Å².